The van der Waals surface area contributed by atoms with E-state index in [4.69, 9.17) is 11.6 Å². The van der Waals surface area contributed by atoms with Crippen molar-refractivity contribution in [1.82, 2.24) is 19.7 Å². The molecule has 1 amide bonds. The van der Waals surface area contributed by atoms with Gasteiger partial charge in [-0.1, -0.05) is 60.6 Å². The average Bonchev–Trinajstić information content (AvgIpc) is 3.15. The molecular weight excluding hydrogens is 444 g/mol. The molecule has 1 heterocycles. The molecule has 0 aliphatic rings. The Morgan fingerprint density at radius 2 is 2.00 bits per heavy atom. The van der Waals surface area contributed by atoms with Crippen LogP contribution in [0, 0.1) is 11.3 Å². The summed E-state index contributed by atoms with van der Waals surface area (Å²) in [6.45, 7) is 2.73. The zero-order valence-corrected chi connectivity index (χ0v) is 19.8. The minimum absolute atomic E-state index is 0.110. The van der Waals surface area contributed by atoms with Crippen LogP contribution < -0.4 is 5.32 Å². The molecule has 1 atom stereocenters. The molecule has 0 aliphatic heterocycles. The normalized spacial score (nSPS) is 11.9. The van der Waals surface area contributed by atoms with Crippen LogP contribution in [0.3, 0.4) is 0 Å². The van der Waals surface area contributed by atoms with Gasteiger partial charge in [-0.05, 0) is 44.3 Å². The molecule has 0 saturated heterocycles. The van der Waals surface area contributed by atoms with Gasteiger partial charge >= 0.3 is 0 Å². The van der Waals surface area contributed by atoms with Gasteiger partial charge in [0.2, 0.25) is 5.91 Å². The number of rotatable bonds is 9. The predicted molar refractivity (Wildman–Crippen MR) is 128 cm³/mol. The van der Waals surface area contributed by atoms with Crippen LogP contribution in [0.1, 0.15) is 36.3 Å². The number of hydrogen-bond donors (Lipinski definition) is 1. The van der Waals surface area contributed by atoms with Gasteiger partial charge in [-0.15, -0.1) is 10.2 Å². The molecule has 2 aromatic carbocycles. The zero-order valence-electron chi connectivity index (χ0n) is 18.2. The fourth-order valence-electron chi connectivity index (χ4n) is 3.38. The van der Waals surface area contributed by atoms with Crippen molar-refractivity contribution in [2.45, 2.75) is 31.1 Å². The minimum atomic E-state index is -0.246. The van der Waals surface area contributed by atoms with Crippen LogP contribution in [0.15, 0.2) is 53.7 Å². The summed E-state index contributed by atoms with van der Waals surface area (Å²) in [6, 6.07) is 17.0. The molecule has 0 saturated carbocycles. The number of carbonyl (C=O) groups is 1. The second kappa shape index (κ2) is 11.1. The number of halogens is 1. The summed E-state index contributed by atoms with van der Waals surface area (Å²) in [4.78, 5) is 14.7. The molecular formula is C23H25ClN6OS. The van der Waals surface area contributed by atoms with E-state index < -0.39 is 0 Å². The quantitative estimate of drug-likeness (QED) is 0.462. The summed E-state index contributed by atoms with van der Waals surface area (Å²) < 4.78 is 2.07. The summed E-state index contributed by atoms with van der Waals surface area (Å²) in [5, 5.41) is 22.0. The minimum Gasteiger partial charge on any atom is -0.324 e. The first-order valence-electron chi connectivity index (χ1n) is 10.2. The summed E-state index contributed by atoms with van der Waals surface area (Å²) in [5.41, 5.74) is 1.89. The number of aromatic nitrogens is 3. The van der Waals surface area contributed by atoms with Crippen LogP contribution in [0.5, 0.6) is 0 Å². The number of nitrogens with one attached hydrogen (secondary N) is 1. The summed E-state index contributed by atoms with van der Waals surface area (Å²) >= 11 is 7.32. The first kappa shape index (κ1) is 23.8. The molecule has 0 spiro atoms. The molecule has 1 aromatic heterocycles. The number of carbonyl (C=O) groups excluding carboxylic acids is 1. The molecule has 32 heavy (non-hydrogen) atoms. The predicted octanol–water partition coefficient (Wildman–Crippen LogP) is 4.59. The lowest BCUT2D eigenvalue weighted by Crippen LogP contribution is -2.23. The SMILES string of the molecule is CC[C@@H](c1nnc(SCC(=O)Nc2cc(Cl)ccc2C#N)n1Cc1ccccc1)N(C)C. The van der Waals surface area contributed by atoms with Crippen molar-refractivity contribution in [3.05, 3.63) is 70.5 Å². The lowest BCUT2D eigenvalue weighted by Gasteiger charge is -2.23. The third-order valence-electron chi connectivity index (χ3n) is 4.95. The molecule has 0 unspecified atom stereocenters. The highest BCUT2D eigenvalue weighted by molar-refractivity contribution is 7.99. The van der Waals surface area contributed by atoms with E-state index in [1.807, 2.05) is 32.3 Å². The van der Waals surface area contributed by atoms with E-state index in [1.54, 1.807) is 18.2 Å². The van der Waals surface area contributed by atoms with E-state index >= 15 is 0 Å². The Bertz CT molecular complexity index is 1110. The Balaban J connectivity index is 1.80. The van der Waals surface area contributed by atoms with Crippen LogP contribution in [0.4, 0.5) is 5.69 Å². The number of nitriles is 1. The van der Waals surface area contributed by atoms with Crippen LogP contribution in [-0.4, -0.2) is 45.4 Å². The number of anilines is 1. The van der Waals surface area contributed by atoms with Crippen molar-refractivity contribution in [3.63, 3.8) is 0 Å². The lowest BCUT2D eigenvalue weighted by molar-refractivity contribution is -0.113. The summed E-state index contributed by atoms with van der Waals surface area (Å²) in [6.07, 6.45) is 0.886. The van der Waals surface area contributed by atoms with E-state index in [2.05, 4.69) is 50.1 Å². The molecule has 3 rings (SSSR count). The smallest absolute Gasteiger partial charge is 0.234 e. The Labute approximate surface area is 197 Å². The van der Waals surface area contributed by atoms with Crippen LogP contribution in [0.25, 0.3) is 0 Å². The third-order valence-corrected chi connectivity index (χ3v) is 6.15. The highest BCUT2D eigenvalue weighted by Crippen LogP contribution is 2.27. The Kier molecular flexibility index (Phi) is 8.28. The molecule has 0 fully saturated rings. The highest BCUT2D eigenvalue weighted by Gasteiger charge is 2.22. The Morgan fingerprint density at radius 3 is 2.66 bits per heavy atom. The van der Waals surface area contributed by atoms with Crippen molar-refractivity contribution in [2.75, 3.05) is 25.2 Å². The first-order valence-corrected chi connectivity index (χ1v) is 11.5. The molecule has 9 heteroatoms. The van der Waals surface area contributed by atoms with Gasteiger partial charge < -0.3 is 9.88 Å². The van der Waals surface area contributed by atoms with Crippen LogP contribution in [0.2, 0.25) is 5.02 Å². The molecule has 1 N–H and O–H groups in total. The van der Waals surface area contributed by atoms with Gasteiger partial charge in [0.05, 0.1) is 29.6 Å². The van der Waals surface area contributed by atoms with Crippen LogP contribution in [-0.2, 0) is 11.3 Å². The fraction of sp³-hybridized carbons (Fsp3) is 0.304. The van der Waals surface area contributed by atoms with E-state index in [9.17, 15) is 10.1 Å². The van der Waals surface area contributed by atoms with Gasteiger partial charge in [0.1, 0.15) is 6.07 Å². The van der Waals surface area contributed by atoms with Gasteiger partial charge in [-0.25, -0.2) is 0 Å². The van der Waals surface area contributed by atoms with E-state index in [0.717, 1.165) is 17.8 Å². The molecule has 0 radical (unpaired) electrons. The van der Waals surface area contributed by atoms with E-state index in [-0.39, 0.29) is 17.7 Å². The Hall–Kier alpha value is -2.86. The molecule has 0 aliphatic carbocycles. The number of amides is 1. The standard InChI is InChI=1S/C23H25ClN6OS/c1-4-20(29(2)3)22-27-28-23(30(22)14-16-8-6-5-7-9-16)32-15-21(31)26-19-12-18(24)11-10-17(19)13-25/h5-12,20H,4,14-15H2,1-3H3,(H,26,31)/t20-/m0/s1. The zero-order chi connectivity index (χ0) is 23.1. The van der Waals surface area contributed by atoms with Gasteiger partial charge in [-0.3, -0.25) is 9.69 Å². The number of thioether (sulfide) groups is 1. The van der Waals surface area contributed by atoms with Gasteiger partial charge in [0, 0.05) is 5.02 Å². The Morgan fingerprint density at radius 1 is 1.25 bits per heavy atom. The average molecular weight is 469 g/mol. The number of nitrogens with zero attached hydrogens (tertiary/aromatic N) is 5. The topological polar surface area (TPSA) is 86.8 Å². The lowest BCUT2D eigenvalue weighted by atomic mass is 10.2. The molecule has 0 bridgehead atoms. The van der Waals surface area contributed by atoms with Crippen molar-refractivity contribution in [1.29, 1.82) is 5.26 Å². The first-order chi connectivity index (χ1) is 15.4. The van der Waals surface area contributed by atoms with E-state index in [0.29, 0.717) is 28.0 Å². The molecule has 3 aromatic rings. The molecule has 7 nitrogen and oxygen atoms in total. The fourth-order valence-corrected chi connectivity index (χ4v) is 4.30. The second-order valence-corrected chi connectivity index (χ2v) is 8.82. The monoisotopic (exact) mass is 468 g/mol. The molecule has 166 valence electrons. The maximum Gasteiger partial charge on any atom is 0.234 e. The highest BCUT2D eigenvalue weighted by atomic mass is 35.5. The maximum absolute atomic E-state index is 12.6. The maximum atomic E-state index is 12.6. The van der Waals surface area contributed by atoms with Crippen molar-refractivity contribution < 1.29 is 4.79 Å². The summed E-state index contributed by atoms with van der Waals surface area (Å²) in [7, 11) is 4.04. The largest absolute Gasteiger partial charge is 0.324 e. The van der Waals surface area contributed by atoms with Crippen molar-refractivity contribution >= 4 is 35.0 Å². The second-order valence-electron chi connectivity index (χ2n) is 7.44. The van der Waals surface area contributed by atoms with Gasteiger partial charge in [-0.2, -0.15) is 5.26 Å². The third kappa shape index (κ3) is 5.88. The van der Waals surface area contributed by atoms with Gasteiger partial charge in [0.15, 0.2) is 11.0 Å². The number of benzene rings is 2. The van der Waals surface area contributed by atoms with Crippen LogP contribution >= 0.6 is 23.4 Å². The van der Waals surface area contributed by atoms with Crippen molar-refractivity contribution in [3.8, 4) is 6.07 Å². The number of hydrogen-bond acceptors (Lipinski definition) is 6. The van der Waals surface area contributed by atoms with Gasteiger partial charge in [0.25, 0.3) is 0 Å². The van der Waals surface area contributed by atoms with E-state index in [1.165, 1.54) is 11.8 Å². The van der Waals surface area contributed by atoms with Crippen molar-refractivity contribution in [2.24, 2.45) is 0 Å². The summed E-state index contributed by atoms with van der Waals surface area (Å²) in [5.74, 6) is 0.748.